The largest absolute Gasteiger partial charge is 0.386 e. The molecule has 0 radical (unpaired) electrons. The summed E-state index contributed by atoms with van der Waals surface area (Å²) >= 11 is 0. The van der Waals surface area contributed by atoms with Gasteiger partial charge in [0.2, 0.25) is 5.91 Å². The van der Waals surface area contributed by atoms with E-state index in [0.29, 0.717) is 25.2 Å². The second kappa shape index (κ2) is 4.51. The van der Waals surface area contributed by atoms with Crippen molar-refractivity contribution >= 4 is 17.3 Å². The zero-order valence-corrected chi connectivity index (χ0v) is 10.5. The normalized spacial score (nSPS) is 16.8. The smallest absolute Gasteiger partial charge is 0.292 e. The number of primary amides is 1. The molecule has 1 amide bonds. The van der Waals surface area contributed by atoms with Crippen molar-refractivity contribution in [3.63, 3.8) is 0 Å². The van der Waals surface area contributed by atoms with Crippen molar-refractivity contribution in [2.45, 2.75) is 18.9 Å². The van der Waals surface area contributed by atoms with Crippen LogP contribution in [0.5, 0.6) is 0 Å². The molecular formula is C12H15N3O4. The minimum absolute atomic E-state index is 0.0943. The van der Waals surface area contributed by atoms with Crippen molar-refractivity contribution in [3.8, 4) is 0 Å². The summed E-state index contributed by atoms with van der Waals surface area (Å²) in [4.78, 5) is 23.3. The predicted molar refractivity (Wildman–Crippen MR) is 69.1 cm³/mol. The molecule has 0 atom stereocenters. The lowest BCUT2D eigenvalue weighted by molar-refractivity contribution is -0.384. The van der Waals surface area contributed by atoms with Crippen LogP contribution in [0, 0.1) is 10.1 Å². The molecule has 7 nitrogen and oxygen atoms in total. The van der Waals surface area contributed by atoms with Crippen LogP contribution in [-0.2, 0) is 0 Å². The Balaban J connectivity index is 2.35. The van der Waals surface area contributed by atoms with Gasteiger partial charge in [0.25, 0.3) is 5.69 Å². The van der Waals surface area contributed by atoms with Gasteiger partial charge in [-0.3, -0.25) is 14.9 Å². The van der Waals surface area contributed by atoms with Crippen LogP contribution in [0.4, 0.5) is 11.4 Å². The van der Waals surface area contributed by atoms with Gasteiger partial charge in [0.05, 0.1) is 10.5 Å². The molecule has 3 N–H and O–H groups in total. The van der Waals surface area contributed by atoms with E-state index in [4.69, 9.17) is 5.73 Å². The number of nitrogens with two attached hydrogens (primary N) is 1. The summed E-state index contributed by atoms with van der Waals surface area (Å²) < 4.78 is 0. The SMILES string of the molecule is CCC1(O)CN(c2cc(C(N)=O)ccc2[N+](=O)[O-])C1. The summed E-state index contributed by atoms with van der Waals surface area (Å²) in [6.45, 7) is 2.48. The third-order valence-electron chi connectivity index (χ3n) is 3.43. The molecule has 1 heterocycles. The van der Waals surface area contributed by atoms with Gasteiger partial charge >= 0.3 is 0 Å². The zero-order valence-electron chi connectivity index (χ0n) is 10.5. The van der Waals surface area contributed by atoms with Crippen molar-refractivity contribution in [3.05, 3.63) is 33.9 Å². The third-order valence-corrected chi connectivity index (χ3v) is 3.43. The Morgan fingerprint density at radius 3 is 2.68 bits per heavy atom. The molecule has 1 aliphatic heterocycles. The molecule has 0 aliphatic carbocycles. The number of aliphatic hydroxyl groups is 1. The van der Waals surface area contributed by atoms with Crippen LogP contribution in [0.1, 0.15) is 23.7 Å². The van der Waals surface area contributed by atoms with Gasteiger partial charge in [-0.05, 0) is 18.6 Å². The van der Waals surface area contributed by atoms with E-state index in [1.165, 1.54) is 18.2 Å². The second-order valence-electron chi connectivity index (χ2n) is 4.76. The zero-order chi connectivity index (χ0) is 14.2. The first kappa shape index (κ1) is 13.3. The van der Waals surface area contributed by atoms with Crippen LogP contribution in [0.25, 0.3) is 0 Å². The topological polar surface area (TPSA) is 110 Å². The van der Waals surface area contributed by atoms with E-state index in [1.807, 2.05) is 6.92 Å². The highest BCUT2D eigenvalue weighted by Crippen LogP contribution is 2.36. The van der Waals surface area contributed by atoms with E-state index >= 15 is 0 Å². The van der Waals surface area contributed by atoms with Gasteiger partial charge in [0.15, 0.2) is 0 Å². The first-order chi connectivity index (χ1) is 8.86. The molecule has 0 saturated carbocycles. The summed E-state index contributed by atoms with van der Waals surface area (Å²) in [5.41, 5.74) is 4.80. The van der Waals surface area contributed by atoms with Crippen LogP contribution in [0.2, 0.25) is 0 Å². The van der Waals surface area contributed by atoms with Crippen LogP contribution in [-0.4, -0.2) is 34.6 Å². The number of nitro groups is 1. The fraction of sp³-hybridized carbons (Fsp3) is 0.417. The van der Waals surface area contributed by atoms with Crippen molar-refractivity contribution in [1.29, 1.82) is 0 Å². The number of benzene rings is 1. The van der Waals surface area contributed by atoms with Gasteiger partial charge in [-0.1, -0.05) is 6.92 Å². The third kappa shape index (κ3) is 2.37. The molecule has 0 bridgehead atoms. The van der Waals surface area contributed by atoms with Gasteiger partial charge < -0.3 is 15.7 Å². The summed E-state index contributed by atoms with van der Waals surface area (Å²) in [6.07, 6.45) is 0.576. The molecule has 1 aromatic carbocycles. The fourth-order valence-electron chi connectivity index (χ4n) is 2.14. The van der Waals surface area contributed by atoms with Crippen LogP contribution in [0.15, 0.2) is 18.2 Å². The first-order valence-electron chi connectivity index (χ1n) is 5.92. The van der Waals surface area contributed by atoms with Crippen molar-refractivity contribution in [2.24, 2.45) is 5.73 Å². The minimum Gasteiger partial charge on any atom is -0.386 e. The number of nitrogens with zero attached hydrogens (tertiary/aromatic N) is 2. The molecule has 1 aliphatic rings. The monoisotopic (exact) mass is 265 g/mol. The van der Waals surface area contributed by atoms with Gasteiger partial charge in [-0.15, -0.1) is 0 Å². The van der Waals surface area contributed by atoms with E-state index < -0.39 is 16.4 Å². The molecule has 19 heavy (non-hydrogen) atoms. The lowest BCUT2D eigenvalue weighted by Gasteiger charge is -2.47. The summed E-state index contributed by atoms with van der Waals surface area (Å²) in [5, 5.41) is 20.9. The van der Waals surface area contributed by atoms with Crippen LogP contribution in [0.3, 0.4) is 0 Å². The molecule has 1 fully saturated rings. The number of hydrogen-bond donors (Lipinski definition) is 2. The minimum atomic E-state index is -0.809. The molecule has 1 saturated heterocycles. The number of carbonyl (C=O) groups excluding carboxylic acids is 1. The lowest BCUT2D eigenvalue weighted by Crippen LogP contribution is -2.61. The van der Waals surface area contributed by atoms with Gasteiger partial charge in [0, 0.05) is 24.7 Å². The van der Waals surface area contributed by atoms with E-state index in [2.05, 4.69) is 0 Å². The van der Waals surface area contributed by atoms with Gasteiger partial charge in [-0.25, -0.2) is 0 Å². The molecule has 7 heteroatoms. The molecule has 1 aromatic rings. The second-order valence-corrected chi connectivity index (χ2v) is 4.76. The standard InChI is InChI=1S/C12H15N3O4/c1-2-12(17)6-14(7-12)10-5-8(11(13)16)3-4-9(10)15(18)19/h3-5,17H,2,6-7H2,1H3,(H2,13,16). The van der Waals surface area contributed by atoms with E-state index in [0.717, 1.165) is 0 Å². The lowest BCUT2D eigenvalue weighted by atomic mass is 9.90. The van der Waals surface area contributed by atoms with Gasteiger partial charge in [0.1, 0.15) is 5.69 Å². The van der Waals surface area contributed by atoms with Crippen LogP contribution >= 0.6 is 0 Å². The molecule has 0 aromatic heterocycles. The fourth-order valence-corrected chi connectivity index (χ4v) is 2.14. The van der Waals surface area contributed by atoms with E-state index in [1.54, 1.807) is 4.90 Å². The highest BCUT2D eigenvalue weighted by molar-refractivity contribution is 5.94. The van der Waals surface area contributed by atoms with E-state index in [-0.39, 0.29) is 11.3 Å². The molecule has 102 valence electrons. The highest BCUT2D eigenvalue weighted by Gasteiger charge is 2.41. The molecule has 0 spiro atoms. The Hall–Kier alpha value is -2.15. The Morgan fingerprint density at radius 1 is 1.58 bits per heavy atom. The maximum absolute atomic E-state index is 11.1. The number of amides is 1. The maximum atomic E-state index is 11.1. The number of β-amino-alcohol motifs (C(OH)–C–C–N with tert-alkyl or cyclic N) is 1. The van der Waals surface area contributed by atoms with Crippen molar-refractivity contribution in [2.75, 3.05) is 18.0 Å². The summed E-state index contributed by atoms with van der Waals surface area (Å²) in [5.74, 6) is -0.637. The number of rotatable bonds is 4. The Labute approximate surface area is 109 Å². The van der Waals surface area contributed by atoms with Crippen molar-refractivity contribution in [1.82, 2.24) is 0 Å². The van der Waals surface area contributed by atoms with Crippen molar-refractivity contribution < 1.29 is 14.8 Å². The van der Waals surface area contributed by atoms with E-state index in [9.17, 15) is 20.0 Å². The van der Waals surface area contributed by atoms with Crippen LogP contribution < -0.4 is 10.6 Å². The Bertz CT molecular complexity index is 538. The Kier molecular flexibility index (Phi) is 3.15. The first-order valence-corrected chi connectivity index (χ1v) is 5.92. The number of anilines is 1. The number of hydrogen-bond acceptors (Lipinski definition) is 5. The summed E-state index contributed by atoms with van der Waals surface area (Å²) in [6, 6.07) is 3.99. The molecule has 2 rings (SSSR count). The quantitative estimate of drug-likeness (QED) is 0.613. The highest BCUT2D eigenvalue weighted by atomic mass is 16.6. The number of nitro benzene ring substituents is 1. The van der Waals surface area contributed by atoms with Gasteiger partial charge in [-0.2, -0.15) is 0 Å². The molecular weight excluding hydrogens is 250 g/mol. The maximum Gasteiger partial charge on any atom is 0.292 e. The average Bonchev–Trinajstić information content (AvgIpc) is 2.34. The number of carbonyl (C=O) groups is 1. The Morgan fingerprint density at radius 2 is 2.21 bits per heavy atom. The molecule has 0 unspecified atom stereocenters. The summed E-state index contributed by atoms with van der Waals surface area (Å²) in [7, 11) is 0. The predicted octanol–water partition coefficient (Wildman–Crippen LogP) is 0.655. The average molecular weight is 265 g/mol.